The molecule has 1 aliphatic carbocycles. The molecule has 1 saturated carbocycles. The van der Waals surface area contributed by atoms with Crippen LogP contribution in [-0.2, 0) is 12.8 Å². The summed E-state index contributed by atoms with van der Waals surface area (Å²) in [5, 5.41) is 5.32. The van der Waals surface area contributed by atoms with Crippen LogP contribution in [0.3, 0.4) is 0 Å². The van der Waals surface area contributed by atoms with E-state index in [1.54, 1.807) is 0 Å². The van der Waals surface area contributed by atoms with Crippen molar-refractivity contribution in [3.05, 3.63) is 47.7 Å². The van der Waals surface area contributed by atoms with Gasteiger partial charge in [0, 0.05) is 23.5 Å². The van der Waals surface area contributed by atoms with Crippen molar-refractivity contribution < 1.29 is 4.52 Å². The highest BCUT2D eigenvalue weighted by atomic mass is 16.5. The number of H-pyrrole nitrogens is 1. The van der Waals surface area contributed by atoms with Gasteiger partial charge in [0.1, 0.15) is 0 Å². The number of fused-ring (bicyclic) bond motifs is 1. The van der Waals surface area contributed by atoms with Gasteiger partial charge in [-0.25, -0.2) is 0 Å². The number of hydrogen-bond donors (Lipinski definition) is 1. The Balaban J connectivity index is 1.37. The molecule has 2 aromatic heterocycles. The van der Waals surface area contributed by atoms with Gasteiger partial charge in [0.25, 0.3) is 0 Å². The molecule has 25 heavy (non-hydrogen) atoms. The first-order chi connectivity index (χ1) is 12.3. The van der Waals surface area contributed by atoms with Crippen molar-refractivity contribution in [2.24, 2.45) is 11.8 Å². The van der Waals surface area contributed by atoms with Crippen molar-refractivity contribution in [3.63, 3.8) is 0 Å². The Morgan fingerprint density at radius 3 is 2.84 bits per heavy atom. The number of hydrogen-bond acceptors (Lipinski definition) is 3. The summed E-state index contributed by atoms with van der Waals surface area (Å²) in [7, 11) is 0. The largest absolute Gasteiger partial charge is 0.361 e. The number of benzene rings is 1. The summed E-state index contributed by atoms with van der Waals surface area (Å²) in [6.45, 7) is 1.89. The molecule has 3 aromatic rings. The van der Waals surface area contributed by atoms with Gasteiger partial charge in [-0.2, -0.15) is 4.98 Å². The smallest absolute Gasteiger partial charge is 0.226 e. The Morgan fingerprint density at radius 2 is 2.00 bits per heavy atom. The fourth-order valence-corrected chi connectivity index (χ4v) is 4.39. The van der Waals surface area contributed by atoms with E-state index in [1.165, 1.54) is 61.4 Å². The lowest BCUT2D eigenvalue weighted by Gasteiger charge is -2.18. The Bertz CT molecular complexity index is 819. The van der Waals surface area contributed by atoms with Gasteiger partial charge in [0.2, 0.25) is 5.89 Å². The summed E-state index contributed by atoms with van der Waals surface area (Å²) in [5.74, 6) is 3.07. The zero-order valence-electron chi connectivity index (χ0n) is 15.0. The van der Waals surface area contributed by atoms with Crippen LogP contribution < -0.4 is 0 Å². The normalized spacial score (nSPS) is 21.5. The van der Waals surface area contributed by atoms with E-state index in [2.05, 4.69) is 45.6 Å². The zero-order valence-corrected chi connectivity index (χ0v) is 15.0. The molecule has 2 atom stereocenters. The maximum Gasteiger partial charge on any atom is 0.226 e. The summed E-state index contributed by atoms with van der Waals surface area (Å²) in [6.07, 6.45) is 12.2. The predicted octanol–water partition coefficient (Wildman–Crippen LogP) is 5.23. The monoisotopic (exact) mass is 337 g/mol. The summed E-state index contributed by atoms with van der Waals surface area (Å²) >= 11 is 0. The van der Waals surface area contributed by atoms with E-state index in [4.69, 9.17) is 4.52 Å². The van der Waals surface area contributed by atoms with E-state index in [-0.39, 0.29) is 0 Å². The molecule has 4 heteroatoms. The minimum Gasteiger partial charge on any atom is -0.361 e. The molecule has 4 rings (SSSR count). The standard InChI is InChI=1S/C21H27N3O/c1-15-23-21(25-24-15)13-17-7-3-2-6-16(12-17)10-11-18-14-22-20-9-5-4-8-19(18)20/h4-5,8-9,14,16-17,22H,2-3,6-7,10-13H2,1H3. The van der Waals surface area contributed by atoms with Gasteiger partial charge in [0.05, 0.1) is 0 Å². The van der Waals surface area contributed by atoms with Crippen molar-refractivity contribution in [2.75, 3.05) is 0 Å². The lowest BCUT2D eigenvalue weighted by Crippen LogP contribution is -2.10. The fraction of sp³-hybridized carbons (Fsp3) is 0.524. The minimum atomic E-state index is 0.690. The maximum atomic E-state index is 5.34. The van der Waals surface area contributed by atoms with Gasteiger partial charge in [-0.05, 0) is 56.1 Å². The molecule has 2 heterocycles. The molecule has 1 N–H and O–H groups in total. The third kappa shape index (κ3) is 3.94. The Labute approximate surface area is 149 Å². The van der Waals surface area contributed by atoms with Crippen LogP contribution in [0.4, 0.5) is 0 Å². The summed E-state index contributed by atoms with van der Waals surface area (Å²) in [5.41, 5.74) is 2.71. The van der Waals surface area contributed by atoms with Crippen molar-refractivity contribution in [1.29, 1.82) is 0 Å². The van der Waals surface area contributed by atoms with Crippen LogP contribution in [0.25, 0.3) is 10.9 Å². The van der Waals surface area contributed by atoms with Crippen LogP contribution in [0.5, 0.6) is 0 Å². The molecule has 2 unspecified atom stereocenters. The third-order valence-corrected chi connectivity index (χ3v) is 5.67. The average molecular weight is 337 g/mol. The van der Waals surface area contributed by atoms with E-state index in [9.17, 15) is 0 Å². The molecule has 1 aliphatic rings. The predicted molar refractivity (Wildman–Crippen MR) is 99.4 cm³/mol. The molecule has 0 spiro atoms. The van der Waals surface area contributed by atoms with Gasteiger partial charge in [0.15, 0.2) is 5.82 Å². The van der Waals surface area contributed by atoms with E-state index in [0.717, 1.165) is 24.1 Å². The molecule has 0 radical (unpaired) electrons. The second-order valence-corrected chi connectivity index (χ2v) is 7.59. The molecule has 1 aromatic carbocycles. The highest BCUT2D eigenvalue weighted by Gasteiger charge is 2.22. The van der Waals surface area contributed by atoms with Crippen molar-refractivity contribution >= 4 is 10.9 Å². The van der Waals surface area contributed by atoms with Crippen LogP contribution in [0, 0.1) is 18.8 Å². The third-order valence-electron chi connectivity index (χ3n) is 5.67. The fourth-order valence-electron chi connectivity index (χ4n) is 4.39. The quantitative estimate of drug-likeness (QED) is 0.648. The minimum absolute atomic E-state index is 0.690. The average Bonchev–Trinajstić information content (AvgIpc) is 3.14. The summed E-state index contributed by atoms with van der Waals surface area (Å²) in [4.78, 5) is 7.80. The molecular weight excluding hydrogens is 310 g/mol. The molecule has 0 bridgehead atoms. The maximum absolute atomic E-state index is 5.34. The molecule has 1 fully saturated rings. The number of aryl methyl sites for hydroxylation is 2. The van der Waals surface area contributed by atoms with Gasteiger partial charge in [-0.15, -0.1) is 0 Å². The van der Waals surface area contributed by atoms with Gasteiger partial charge in [-0.1, -0.05) is 42.6 Å². The Kier molecular flexibility index (Phi) is 4.86. The van der Waals surface area contributed by atoms with Gasteiger partial charge in [-0.3, -0.25) is 0 Å². The first-order valence-electron chi connectivity index (χ1n) is 9.62. The molecule has 0 saturated heterocycles. The second kappa shape index (κ2) is 7.42. The number of aromatic nitrogens is 3. The van der Waals surface area contributed by atoms with E-state index >= 15 is 0 Å². The van der Waals surface area contributed by atoms with Crippen LogP contribution in [0.2, 0.25) is 0 Å². The van der Waals surface area contributed by atoms with Crippen LogP contribution in [0.15, 0.2) is 35.0 Å². The molecule has 0 aliphatic heterocycles. The van der Waals surface area contributed by atoms with E-state index in [0.29, 0.717) is 5.92 Å². The van der Waals surface area contributed by atoms with Crippen molar-refractivity contribution in [3.8, 4) is 0 Å². The lowest BCUT2D eigenvalue weighted by atomic mass is 9.87. The summed E-state index contributed by atoms with van der Waals surface area (Å²) in [6, 6.07) is 8.62. The number of para-hydroxylation sites is 1. The Hall–Kier alpha value is -2.10. The Morgan fingerprint density at radius 1 is 1.16 bits per heavy atom. The number of rotatable bonds is 5. The zero-order chi connectivity index (χ0) is 17.1. The number of nitrogens with one attached hydrogen (secondary N) is 1. The molecule has 132 valence electrons. The SMILES string of the molecule is Cc1noc(CC2CCCCC(CCc3c[nH]c4ccccc34)C2)n1. The van der Waals surface area contributed by atoms with Crippen molar-refractivity contribution in [1.82, 2.24) is 15.1 Å². The van der Waals surface area contributed by atoms with Gasteiger partial charge >= 0.3 is 0 Å². The topological polar surface area (TPSA) is 54.7 Å². The van der Waals surface area contributed by atoms with Crippen LogP contribution in [-0.4, -0.2) is 15.1 Å². The first-order valence-corrected chi connectivity index (χ1v) is 9.62. The van der Waals surface area contributed by atoms with Gasteiger partial charge < -0.3 is 9.51 Å². The van der Waals surface area contributed by atoms with Crippen LogP contribution in [0.1, 0.15) is 55.8 Å². The molecular formula is C21H27N3O. The highest BCUT2D eigenvalue weighted by Crippen LogP contribution is 2.33. The number of aromatic amines is 1. The lowest BCUT2D eigenvalue weighted by molar-refractivity contribution is 0.309. The first kappa shape index (κ1) is 16.4. The van der Waals surface area contributed by atoms with E-state index in [1.807, 2.05) is 6.92 Å². The molecule has 0 amide bonds. The second-order valence-electron chi connectivity index (χ2n) is 7.59. The van der Waals surface area contributed by atoms with Crippen LogP contribution >= 0.6 is 0 Å². The molecule has 4 nitrogen and oxygen atoms in total. The number of nitrogens with zero attached hydrogens (tertiary/aromatic N) is 2. The summed E-state index contributed by atoms with van der Waals surface area (Å²) < 4.78 is 5.34. The van der Waals surface area contributed by atoms with E-state index < -0.39 is 0 Å². The highest BCUT2D eigenvalue weighted by molar-refractivity contribution is 5.82. The van der Waals surface area contributed by atoms with Crippen molar-refractivity contribution in [2.45, 2.75) is 58.3 Å².